The van der Waals surface area contributed by atoms with Crippen LogP contribution in [0.5, 0.6) is 0 Å². The number of nitrogens with two attached hydrogens (primary N) is 1. The molecule has 0 saturated carbocycles. The first-order valence-electron chi connectivity index (χ1n) is 8.33. The smallest absolute Gasteiger partial charge is 0.340 e. The first-order valence-corrected chi connectivity index (χ1v) is 8.33. The maximum absolute atomic E-state index is 12.8. The van der Waals surface area contributed by atoms with E-state index in [2.05, 4.69) is 10.3 Å². The Hall–Kier alpha value is -3.09. The maximum Gasteiger partial charge on any atom is 0.340 e. The summed E-state index contributed by atoms with van der Waals surface area (Å²) in [6.07, 6.45) is 0. The van der Waals surface area contributed by atoms with Crippen molar-refractivity contribution < 1.29 is 19.1 Å². The van der Waals surface area contributed by atoms with Gasteiger partial charge in [0.25, 0.3) is 0 Å². The van der Waals surface area contributed by atoms with Gasteiger partial charge in [0.1, 0.15) is 0 Å². The average Bonchev–Trinajstić information content (AvgIpc) is 2.89. The van der Waals surface area contributed by atoms with Crippen molar-refractivity contribution >= 4 is 23.3 Å². The number of H-pyrrole nitrogens is 1. The van der Waals surface area contributed by atoms with Gasteiger partial charge in [-0.25, -0.2) is 4.79 Å². The second-order valence-electron chi connectivity index (χ2n) is 6.02. The van der Waals surface area contributed by atoms with Gasteiger partial charge >= 0.3 is 5.97 Å². The van der Waals surface area contributed by atoms with Crippen molar-refractivity contribution in [1.29, 1.82) is 0 Å². The molecule has 7 heteroatoms. The minimum absolute atomic E-state index is 0.180. The molecule has 1 aromatic heterocycles. The number of ketones is 1. The molecule has 0 unspecified atom stereocenters. The van der Waals surface area contributed by atoms with E-state index in [9.17, 15) is 14.4 Å². The van der Waals surface area contributed by atoms with Crippen LogP contribution < -0.4 is 11.1 Å². The summed E-state index contributed by atoms with van der Waals surface area (Å²) in [4.78, 5) is 38.9. The molecule has 0 aliphatic heterocycles. The third-order valence-electron chi connectivity index (χ3n) is 4.11. The number of carbonyl (C=O) groups excluding carboxylic acids is 3. The lowest BCUT2D eigenvalue weighted by Crippen LogP contribution is -2.27. The number of anilines is 1. The van der Waals surface area contributed by atoms with Crippen molar-refractivity contribution in [3.05, 3.63) is 52.3 Å². The molecule has 0 saturated heterocycles. The molecule has 0 aliphatic rings. The number of primary amides is 1. The zero-order valence-electron chi connectivity index (χ0n) is 15.3. The highest BCUT2D eigenvalue weighted by Gasteiger charge is 2.25. The van der Waals surface area contributed by atoms with E-state index in [-0.39, 0.29) is 12.4 Å². The van der Waals surface area contributed by atoms with Gasteiger partial charge in [0, 0.05) is 16.9 Å². The summed E-state index contributed by atoms with van der Waals surface area (Å²) < 4.78 is 5.05. The molecule has 1 atom stereocenters. The number of benzene rings is 1. The van der Waals surface area contributed by atoms with Crippen LogP contribution in [-0.2, 0) is 4.74 Å². The first-order chi connectivity index (χ1) is 12.3. The summed E-state index contributed by atoms with van der Waals surface area (Å²) in [6.45, 7) is 7.18. The minimum atomic E-state index is -0.541. The maximum atomic E-state index is 12.8. The minimum Gasteiger partial charge on any atom is -0.462 e. The molecule has 0 bridgehead atoms. The number of aromatic amines is 1. The van der Waals surface area contributed by atoms with Gasteiger partial charge in [0.05, 0.1) is 23.9 Å². The monoisotopic (exact) mass is 357 g/mol. The van der Waals surface area contributed by atoms with Gasteiger partial charge in [-0.1, -0.05) is 0 Å². The lowest BCUT2D eigenvalue weighted by atomic mass is 10.0. The van der Waals surface area contributed by atoms with Crippen molar-refractivity contribution in [3.63, 3.8) is 0 Å². The highest BCUT2D eigenvalue weighted by atomic mass is 16.5. The van der Waals surface area contributed by atoms with Crippen LogP contribution in [0.2, 0.25) is 0 Å². The van der Waals surface area contributed by atoms with Gasteiger partial charge in [-0.2, -0.15) is 0 Å². The van der Waals surface area contributed by atoms with E-state index in [1.807, 2.05) is 0 Å². The third-order valence-corrected chi connectivity index (χ3v) is 4.11. The van der Waals surface area contributed by atoms with Crippen molar-refractivity contribution in [1.82, 2.24) is 4.98 Å². The molecule has 0 radical (unpaired) electrons. The predicted molar refractivity (Wildman–Crippen MR) is 98.6 cm³/mol. The zero-order chi connectivity index (χ0) is 19.4. The van der Waals surface area contributed by atoms with Gasteiger partial charge < -0.3 is 20.8 Å². The largest absolute Gasteiger partial charge is 0.462 e. The van der Waals surface area contributed by atoms with Crippen molar-refractivity contribution in [2.45, 2.75) is 33.7 Å². The van der Waals surface area contributed by atoms with Gasteiger partial charge in [0.2, 0.25) is 11.7 Å². The lowest BCUT2D eigenvalue weighted by Gasteiger charge is -2.14. The molecular weight excluding hydrogens is 334 g/mol. The Labute approximate surface area is 151 Å². The molecule has 1 heterocycles. The number of nitrogens with one attached hydrogen (secondary N) is 2. The Kier molecular flexibility index (Phi) is 5.82. The number of hydrogen-bond acceptors (Lipinski definition) is 5. The summed E-state index contributed by atoms with van der Waals surface area (Å²) >= 11 is 0. The molecule has 1 amide bonds. The van der Waals surface area contributed by atoms with Gasteiger partial charge in [0.15, 0.2) is 0 Å². The molecule has 0 aliphatic carbocycles. The van der Waals surface area contributed by atoms with E-state index in [1.165, 1.54) is 0 Å². The predicted octanol–water partition coefficient (Wildman–Crippen LogP) is 2.59. The van der Waals surface area contributed by atoms with Crippen molar-refractivity contribution in [2.24, 2.45) is 5.73 Å². The number of esters is 1. The van der Waals surface area contributed by atoms with E-state index < -0.39 is 17.9 Å². The third kappa shape index (κ3) is 3.93. The fraction of sp³-hybridized carbons (Fsp3) is 0.316. The van der Waals surface area contributed by atoms with E-state index in [1.54, 1.807) is 52.0 Å². The van der Waals surface area contributed by atoms with Crippen LogP contribution in [0.4, 0.5) is 5.69 Å². The second kappa shape index (κ2) is 7.86. The number of carbonyl (C=O) groups is 3. The normalized spacial score (nSPS) is 11.7. The lowest BCUT2D eigenvalue weighted by molar-refractivity contribution is 0.0525. The number of amides is 1. The number of hydrogen-bond donors (Lipinski definition) is 3. The fourth-order valence-corrected chi connectivity index (χ4v) is 2.77. The molecule has 1 aromatic carbocycles. The van der Waals surface area contributed by atoms with E-state index in [0.717, 1.165) is 0 Å². The summed E-state index contributed by atoms with van der Waals surface area (Å²) in [6, 6.07) is 6.00. The topological polar surface area (TPSA) is 114 Å². The van der Waals surface area contributed by atoms with Gasteiger partial charge in [-0.15, -0.1) is 0 Å². The van der Waals surface area contributed by atoms with Gasteiger partial charge in [-0.05, 0) is 57.5 Å². The number of Topliss-reactive ketones (excluding diaryl/α,β-unsaturated/α-hetero) is 1. The Morgan fingerprint density at radius 2 is 1.81 bits per heavy atom. The van der Waals surface area contributed by atoms with Crippen LogP contribution in [0, 0.1) is 13.8 Å². The highest BCUT2D eigenvalue weighted by Crippen LogP contribution is 2.21. The van der Waals surface area contributed by atoms with E-state index in [4.69, 9.17) is 10.5 Å². The van der Waals surface area contributed by atoms with E-state index >= 15 is 0 Å². The average molecular weight is 357 g/mol. The Balaban J connectivity index is 2.19. The van der Waals surface area contributed by atoms with Crippen LogP contribution >= 0.6 is 0 Å². The van der Waals surface area contributed by atoms with Crippen LogP contribution in [0.15, 0.2) is 24.3 Å². The molecule has 0 fully saturated rings. The van der Waals surface area contributed by atoms with Crippen LogP contribution in [0.25, 0.3) is 0 Å². The van der Waals surface area contributed by atoms with Crippen LogP contribution in [0.1, 0.15) is 56.3 Å². The standard InChI is InChI=1S/C19H23N3O4/c1-5-26-19(25)15-10(2)16(22-11(15)3)17(23)12(4)21-14-8-6-13(7-9-14)18(20)24/h6-9,12,21-22H,5H2,1-4H3,(H2,20,24)/t12-/m0/s1. The summed E-state index contributed by atoms with van der Waals surface area (Å²) in [5.41, 5.74) is 8.23. The number of aromatic nitrogens is 1. The van der Waals surface area contributed by atoms with Crippen molar-refractivity contribution in [2.75, 3.05) is 11.9 Å². The number of ether oxygens (including phenoxy) is 1. The molecule has 26 heavy (non-hydrogen) atoms. The quantitative estimate of drug-likeness (QED) is 0.520. The molecule has 4 N–H and O–H groups in total. The van der Waals surface area contributed by atoms with Crippen molar-refractivity contribution in [3.8, 4) is 0 Å². The molecule has 0 spiro atoms. The summed E-state index contributed by atoms with van der Waals surface area (Å²) in [5, 5.41) is 3.08. The first kappa shape index (κ1) is 19.2. The summed E-state index contributed by atoms with van der Waals surface area (Å²) in [7, 11) is 0. The Bertz CT molecular complexity index is 837. The Morgan fingerprint density at radius 3 is 2.35 bits per heavy atom. The molecular formula is C19H23N3O4. The zero-order valence-corrected chi connectivity index (χ0v) is 15.3. The molecule has 7 nitrogen and oxygen atoms in total. The molecule has 138 valence electrons. The molecule has 2 aromatic rings. The van der Waals surface area contributed by atoms with Crippen LogP contribution in [-0.4, -0.2) is 35.3 Å². The second-order valence-corrected chi connectivity index (χ2v) is 6.02. The SMILES string of the molecule is CCOC(=O)c1c(C)[nH]c(C(=O)[C@H](C)Nc2ccc(C(N)=O)cc2)c1C. The number of aryl methyl sites for hydroxylation is 1. The molecule has 2 rings (SSSR count). The number of rotatable bonds is 7. The van der Waals surface area contributed by atoms with Crippen LogP contribution in [0.3, 0.4) is 0 Å². The Morgan fingerprint density at radius 1 is 1.19 bits per heavy atom. The summed E-state index contributed by atoms with van der Waals surface area (Å²) in [5.74, 6) is -1.13. The fourth-order valence-electron chi connectivity index (χ4n) is 2.77. The van der Waals surface area contributed by atoms with Gasteiger partial charge in [-0.3, -0.25) is 9.59 Å². The highest BCUT2D eigenvalue weighted by molar-refractivity contribution is 6.04. The van der Waals surface area contributed by atoms with E-state index in [0.29, 0.717) is 33.8 Å².